The molecule has 8 heteroatoms. The van der Waals surface area contributed by atoms with E-state index >= 15 is 0 Å². The number of anilines is 1. The molecule has 1 heterocycles. The topological polar surface area (TPSA) is 104 Å². The first-order chi connectivity index (χ1) is 13.3. The third-order valence-electron chi connectivity index (χ3n) is 4.54. The number of amides is 2. The second kappa shape index (κ2) is 7.61. The second-order valence-electron chi connectivity index (χ2n) is 6.45. The zero-order valence-electron chi connectivity index (χ0n) is 15.5. The molecule has 2 aromatic carbocycles. The van der Waals surface area contributed by atoms with Crippen LogP contribution >= 0.6 is 0 Å². The Balaban J connectivity index is 2.10. The number of rotatable bonds is 6. The van der Waals surface area contributed by atoms with Crippen molar-refractivity contribution in [1.82, 2.24) is 4.90 Å². The molecule has 0 unspecified atom stereocenters. The zero-order chi connectivity index (χ0) is 20.4. The minimum Gasteiger partial charge on any atom is -0.395 e. The lowest BCUT2D eigenvalue weighted by Gasteiger charge is -2.20. The number of nitrogens with zero attached hydrogens (tertiary/aromatic N) is 3. The van der Waals surface area contributed by atoms with Crippen molar-refractivity contribution in [1.29, 1.82) is 0 Å². The zero-order valence-corrected chi connectivity index (χ0v) is 15.5. The Bertz CT molecular complexity index is 964. The Morgan fingerprint density at radius 3 is 2.18 bits per heavy atom. The first kappa shape index (κ1) is 19.2. The molecule has 0 radical (unpaired) electrons. The summed E-state index contributed by atoms with van der Waals surface area (Å²) in [5, 5.41) is 20.2. The SMILES string of the molecule is Cc1ccc(N2C(=O)C(c3ccc([N+](=O)[O-])cc3)=C(N(C)CCO)C2=O)cc1. The van der Waals surface area contributed by atoms with E-state index < -0.39 is 16.7 Å². The van der Waals surface area contributed by atoms with Gasteiger partial charge in [-0.3, -0.25) is 19.7 Å². The molecule has 2 amide bonds. The van der Waals surface area contributed by atoms with E-state index in [1.807, 2.05) is 6.92 Å². The van der Waals surface area contributed by atoms with Crippen molar-refractivity contribution in [3.8, 4) is 0 Å². The van der Waals surface area contributed by atoms with Crippen LogP contribution in [0.3, 0.4) is 0 Å². The molecular weight excluding hydrogens is 362 g/mol. The molecule has 1 N–H and O–H groups in total. The van der Waals surface area contributed by atoms with Gasteiger partial charge in [-0.05, 0) is 36.8 Å². The van der Waals surface area contributed by atoms with Gasteiger partial charge >= 0.3 is 0 Å². The van der Waals surface area contributed by atoms with Crippen LogP contribution < -0.4 is 4.90 Å². The van der Waals surface area contributed by atoms with Crippen molar-refractivity contribution in [3.63, 3.8) is 0 Å². The normalized spacial score (nSPS) is 14.0. The number of aliphatic hydroxyl groups is 1. The molecule has 1 aliphatic rings. The Morgan fingerprint density at radius 2 is 1.64 bits per heavy atom. The summed E-state index contributed by atoms with van der Waals surface area (Å²) in [5.74, 6) is -1.01. The average molecular weight is 381 g/mol. The van der Waals surface area contributed by atoms with E-state index in [1.54, 1.807) is 31.3 Å². The molecule has 0 saturated heterocycles. The molecule has 3 rings (SSSR count). The molecule has 2 aromatic rings. The van der Waals surface area contributed by atoms with Crippen LogP contribution in [-0.2, 0) is 9.59 Å². The van der Waals surface area contributed by atoms with E-state index in [4.69, 9.17) is 0 Å². The fourth-order valence-electron chi connectivity index (χ4n) is 3.07. The summed E-state index contributed by atoms with van der Waals surface area (Å²) in [6.45, 7) is 1.87. The van der Waals surface area contributed by atoms with Crippen LogP contribution in [-0.4, -0.2) is 46.9 Å². The van der Waals surface area contributed by atoms with Crippen molar-refractivity contribution < 1.29 is 19.6 Å². The molecule has 0 spiro atoms. The standard InChI is InChI=1S/C20H19N3O5/c1-13-3-7-15(8-4-13)22-19(25)17(18(20(22)26)21(2)11-12-24)14-5-9-16(10-6-14)23(27)28/h3-10,24H,11-12H2,1-2H3. The van der Waals surface area contributed by atoms with Crippen LogP contribution in [0.5, 0.6) is 0 Å². The maximum atomic E-state index is 13.2. The Kier molecular flexibility index (Phi) is 5.23. The highest BCUT2D eigenvalue weighted by atomic mass is 16.6. The first-order valence-electron chi connectivity index (χ1n) is 8.61. The molecule has 0 saturated carbocycles. The third kappa shape index (κ3) is 3.37. The van der Waals surface area contributed by atoms with Gasteiger partial charge < -0.3 is 10.0 Å². The highest BCUT2D eigenvalue weighted by Gasteiger charge is 2.41. The number of imide groups is 1. The molecule has 0 aliphatic carbocycles. The second-order valence-corrected chi connectivity index (χ2v) is 6.45. The number of carbonyl (C=O) groups is 2. The number of benzene rings is 2. The van der Waals surface area contributed by atoms with Crippen molar-refractivity contribution in [2.45, 2.75) is 6.92 Å². The van der Waals surface area contributed by atoms with Gasteiger partial charge in [0.1, 0.15) is 5.70 Å². The largest absolute Gasteiger partial charge is 0.395 e. The first-order valence-corrected chi connectivity index (χ1v) is 8.61. The fraction of sp³-hybridized carbons (Fsp3) is 0.200. The van der Waals surface area contributed by atoms with Crippen molar-refractivity contribution in [2.24, 2.45) is 0 Å². The molecule has 0 fully saturated rings. The number of aryl methyl sites for hydroxylation is 1. The van der Waals surface area contributed by atoms with E-state index in [0.717, 1.165) is 10.5 Å². The molecule has 0 bridgehead atoms. The highest BCUT2D eigenvalue weighted by molar-refractivity contribution is 6.45. The van der Waals surface area contributed by atoms with Crippen LogP contribution in [0.25, 0.3) is 5.57 Å². The van der Waals surface area contributed by atoms with E-state index in [-0.39, 0.29) is 30.1 Å². The fourth-order valence-corrected chi connectivity index (χ4v) is 3.07. The molecule has 1 aliphatic heterocycles. The van der Waals surface area contributed by atoms with Gasteiger partial charge in [-0.25, -0.2) is 4.90 Å². The summed E-state index contributed by atoms with van der Waals surface area (Å²) >= 11 is 0. The molecule has 144 valence electrons. The van der Waals surface area contributed by atoms with Crippen molar-refractivity contribution >= 4 is 28.8 Å². The van der Waals surface area contributed by atoms with Gasteiger partial charge in [-0.2, -0.15) is 0 Å². The van der Waals surface area contributed by atoms with Crippen LogP contribution in [0.4, 0.5) is 11.4 Å². The third-order valence-corrected chi connectivity index (χ3v) is 4.54. The quantitative estimate of drug-likeness (QED) is 0.467. The van der Waals surface area contributed by atoms with Gasteiger partial charge in [0, 0.05) is 25.7 Å². The Morgan fingerprint density at radius 1 is 1.04 bits per heavy atom. The summed E-state index contributed by atoms with van der Waals surface area (Å²) in [5.41, 5.74) is 2.02. The summed E-state index contributed by atoms with van der Waals surface area (Å²) in [4.78, 5) is 39.2. The van der Waals surface area contributed by atoms with E-state index in [1.165, 1.54) is 29.2 Å². The Hall–Kier alpha value is -3.52. The monoisotopic (exact) mass is 381 g/mol. The van der Waals surface area contributed by atoms with Gasteiger partial charge in [0.2, 0.25) is 0 Å². The number of nitro benzene ring substituents is 1. The van der Waals surface area contributed by atoms with Gasteiger partial charge in [0.15, 0.2) is 0 Å². The number of nitro groups is 1. The van der Waals surface area contributed by atoms with E-state index in [0.29, 0.717) is 11.3 Å². The van der Waals surface area contributed by atoms with Gasteiger partial charge in [-0.15, -0.1) is 0 Å². The summed E-state index contributed by atoms with van der Waals surface area (Å²) in [6, 6.07) is 12.5. The predicted molar refractivity (Wildman–Crippen MR) is 103 cm³/mol. The van der Waals surface area contributed by atoms with Crippen LogP contribution in [0.15, 0.2) is 54.2 Å². The lowest BCUT2D eigenvalue weighted by atomic mass is 10.0. The summed E-state index contributed by atoms with van der Waals surface area (Å²) in [6.07, 6.45) is 0. The van der Waals surface area contributed by atoms with Crippen molar-refractivity contribution in [2.75, 3.05) is 25.1 Å². The molecule has 0 atom stereocenters. The predicted octanol–water partition coefficient (Wildman–Crippen LogP) is 2.11. The smallest absolute Gasteiger partial charge is 0.282 e. The lowest BCUT2D eigenvalue weighted by molar-refractivity contribution is -0.384. The number of carbonyl (C=O) groups excluding carboxylic acids is 2. The van der Waals surface area contributed by atoms with Crippen LogP contribution in [0.2, 0.25) is 0 Å². The maximum absolute atomic E-state index is 13.2. The molecule has 0 aromatic heterocycles. The van der Waals surface area contributed by atoms with Crippen LogP contribution in [0.1, 0.15) is 11.1 Å². The number of likely N-dealkylation sites (N-methyl/N-ethyl adjacent to an activating group) is 1. The number of non-ortho nitro benzene ring substituents is 1. The number of hydrogen-bond acceptors (Lipinski definition) is 6. The summed E-state index contributed by atoms with van der Waals surface area (Å²) < 4.78 is 0. The number of aliphatic hydroxyl groups excluding tert-OH is 1. The summed E-state index contributed by atoms with van der Waals surface area (Å²) in [7, 11) is 1.61. The van der Waals surface area contributed by atoms with Gasteiger partial charge in [0.05, 0.1) is 22.8 Å². The van der Waals surface area contributed by atoms with Gasteiger partial charge in [-0.1, -0.05) is 17.7 Å². The minimum atomic E-state index is -0.531. The van der Waals surface area contributed by atoms with E-state index in [9.17, 15) is 24.8 Å². The molecular formula is C20H19N3O5. The average Bonchev–Trinajstić information content (AvgIpc) is 2.93. The maximum Gasteiger partial charge on any atom is 0.282 e. The minimum absolute atomic E-state index is 0.109. The van der Waals surface area contributed by atoms with E-state index in [2.05, 4.69) is 0 Å². The van der Waals surface area contributed by atoms with Crippen LogP contribution in [0, 0.1) is 17.0 Å². The Labute approximate surface area is 161 Å². The van der Waals surface area contributed by atoms with Gasteiger partial charge in [0.25, 0.3) is 17.5 Å². The molecule has 28 heavy (non-hydrogen) atoms. The lowest BCUT2D eigenvalue weighted by Crippen LogP contribution is -2.34. The highest BCUT2D eigenvalue weighted by Crippen LogP contribution is 2.34. The van der Waals surface area contributed by atoms with Crippen molar-refractivity contribution in [3.05, 3.63) is 75.5 Å². The number of hydrogen-bond donors (Lipinski definition) is 1. The molecule has 8 nitrogen and oxygen atoms in total.